The Bertz CT molecular complexity index is 412. The minimum absolute atomic E-state index is 0.258. The molecule has 0 radical (unpaired) electrons. The van der Waals surface area contributed by atoms with Crippen molar-refractivity contribution in [3.63, 3.8) is 0 Å². The Morgan fingerprint density at radius 1 is 1.20 bits per heavy atom. The van der Waals surface area contributed by atoms with Crippen molar-refractivity contribution in [1.29, 1.82) is 0 Å². The molecule has 3 heteroatoms. The summed E-state index contributed by atoms with van der Waals surface area (Å²) in [7, 11) is 0. The Hall–Kier alpha value is -1.15. The standard InChI is InChI=1S/C12H11ClO2/c13-10-6-2-1-4-8(10)9-5-3-7-11(14)12(9)15/h1-2,4,6,9H,3,5,7H2/t9-/m0/s1. The lowest BCUT2D eigenvalue weighted by atomic mass is 9.82. The van der Waals surface area contributed by atoms with E-state index < -0.39 is 0 Å². The van der Waals surface area contributed by atoms with E-state index >= 15 is 0 Å². The SMILES string of the molecule is O=C1CCC[C@@H](c2ccccc2Cl)C1=O. The van der Waals surface area contributed by atoms with Gasteiger partial charge in [0.1, 0.15) is 0 Å². The second-order valence-corrected chi connectivity index (χ2v) is 4.16. The highest BCUT2D eigenvalue weighted by Crippen LogP contribution is 2.32. The minimum atomic E-state index is -0.319. The van der Waals surface area contributed by atoms with E-state index in [4.69, 9.17) is 11.6 Å². The predicted molar refractivity (Wildman–Crippen MR) is 58.1 cm³/mol. The van der Waals surface area contributed by atoms with Crippen LogP contribution in [-0.4, -0.2) is 11.6 Å². The number of carbonyl (C=O) groups is 2. The van der Waals surface area contributed by atoms with Gasteiger partial charge in [-0.05, 0) is 24.5 Å². The number of Topliss-reactive ketones (excluding diaryl/α,β-unsaturated/α-hetero) is 2. The predicted octanol–water partition coefficient (Wildman–Crippen LogP) is 2.75. The van der Waals surface area contributed by atoms with Crippen molar-refractivity contribution < 1.29 is 9.59 Å². The Morgan fingerprint density at radius 2 is 1.93 bits per heavy atom. The molecule has 0 aliphatic heterocycles. The van der Waals surface area contributed by atoms with E-state index in [1.165, 1.54) is 0 Å². The molecule has 0 heterocycles. The van der Waals surface area contributed by atoms with Crippen LogP contribution in [0.1, 0.15) is 30.7 Å². The normalized spacial score (nSPS) is 21.8. The zero-order valence-electron chi connectivity index (χ0n) is 8.20. The lowest BCUT2D eigenvalue weighted by Crippen LogP contribution is -2.26. The second kappa shape index (κ2) is 4.15. The number of hydrogen-bond donors (Lipinski definition) is 0. The van der Waals surface area contributed by atoms with Crippen LogP contribution in [0.2, 0.25) is 5.02 Å². The third kappa shape index (κ3) is 1.95. The van der Waals surface area contributed by atoms with Crippen molar-refractivity contribution in [1.82, 2.24) is 0 Å². The summed E-state index contributed by atoms with van der Waals surface area (Å²) in [6.45, 7) is 0. The maximum absolute atomic E-state index is 11.7. The van der Waals surface area contributed by atoms with Gasteiger partial charge >= 0.3 is 0 Å². The summed E-state index contributed by atoms with van der Waals surface area (Å²) in [6.07, 6.45) is 1.90. The fourth-order valence-corrected chi connectivity index (χ4v) is 2.24. The molecular formula is C12H11ClO2. The van der Waals surface area contributed by atoms with Gasteiger partial charge in [0.25, 0.3) is 0 Å². The molecule has 1 aliphatic carbocycles. The average molecular weight is 223 g/mol. The number of halogens is 1. The van der Waals surface area contributed by atoms with Crippen LogP contribution in [0.4, 0.5) is 0 Å². The van der Waals surface area contributed by atoms with Crippen molar-refractivity contribution >= 4 is 23.2 Å². The van der Waals surface area contributed by atoms with E-state index in [1.807, 2.05) is 18.2 Å². The Morgan fingerprint density at radius 3 is 2.67 bits per heavy atom. The number of benzene rings is 1. The topological polar surface area (TPSA) is 34.1 Å². The Labute approximate surface area is 93.2 Å². The highest BCUT2D eigenvalue weighted by molar-refractivity contribution is 6.40. The first kappa shape index (κ1) is 10.4. The van der Waals surface area contributed by atoms with Crippen LogP contribution < -0.4 is 0 Å². The first-order valence-electron chi connectivity index (χ1n) is 5.01. The van der Waals surface area contributed by atoms with Crippen molar-refractivity contribution in [2.45, 2.75) is 25.2 Å². The van der Waals surface area contributed by atoms with E-state index in [9.17, 15) is 9.59 Å². The van der Waals surface area contributed by atoms with Crippen LogP contribution >= 0.6 is 11.6 Å². The van der Waals surface area contributed by atoms with Crippen molar-refractivity contribution in [3.8, 4) is 0 Å². The van der Waals surface area contributed by atoms with E-state index in [-0.39, 0.29) is 17.5 Å². The quantitative estimate of drug-likeness (QED) is 0.685. The second-order valence-electron chi connectivity index (χ2n) is 3.75. The molecule has 1 saturated carbocycles. The van der Waals surface area contributed by atoms with Crippen LogP contribution in [0.5, 0.6) is 0 Å². The molecule has 0 unspecified atom stereocenters. The molecule has 0 N–H and O–H groups in total. The summed E-state index contributed by atoms with van der Waals surface area (Å²) in [4.78, 5) is 23.0. The lowest BCUT2D eigenvalue weighted by Gasteiger charge is -2.20. The smallest absolute Gasteiger partial charge is 0.205 e. The average Bonchev–Trinajstić information content (AvgIpc) is 2.23. The van der Waals surface area contributed by atoms with Crippen LogP contribution in [0.3, 0.4) is 0 Å². The third-order valence-corrected chi connectivity index (χ3v) is 3.11. The Kier molecular flexibility index (Phi) is 2.87. The maximum atomic E-state index is 11.7. The molecule has 1 aromatic carbocycles. The third-order valence-electron chi connectivity index (χ3n) is 2.77. The van der Waals surface area contributed by atoms with Crippen molar-refractivity contribution in [3.05, 3.63) is 34.9 Å². The molecule has 0 bridgehead atoms. The zero-order chi connectivity index (χ0) is 10.8. The molecule has 0 aromatic heterocycles. The first-order chi connectivity index (χ1) is 7.20. The monoisotopic (exact) mass is 222 g/mol. The summed E-state index contributed by atoms with van der Waals surface area (Å²) in [6, 6.07) is 7.24. The van der Waals surface area contributed by atoms with E-state index in [2.05, 4.69) is 0 Å². The highest BCUT2D eigenvalue weighted by Gasteiger charge is 2.31. The van der Waals surface area contributed by atoms with Crippen molar-refractivity contribution in [2.24, 2.45) is 0 Å². The zero-order valence-corrected chi connectivity index (χ0v) is 8.96. The molecule has 0 spiro atoms. The summed E-state index contributed by atoms with van der Waals surface area (Å²) >= 11 is 6.01. The fourth-order valence-electron chi connectivity index (χ4n) is 1.97. The fraction of sp³-hybridized carbons (Fsp3) is 0.333. The van der Waals surface area contributed by atoms with Crippen LogP contribution in [0.15, 0.2) is 24.3 Å². The molecule has 0 amide bonds. The minimum Gasteiger partial charge on any atom is -0.291 e. The molecule has 1 aliphatic rings. The maximum Gasteiger partial charge on any atom is 0.205 e. The van der Waals surface area contributed by atoms with E-state index in [0.29, 0.717) is 11.4 Å². The van der Waals surface area contributed by atoms with E-state index in [1.54, 1.807) is 6.07 Å². The summed E-state index contributed by atoms with van der Waals surface area (Å²) in [5.74, 6) is -0.861. The number of rotatable bonds is 1. The van der Waals surface area contributed by atoms with Crippen molar-refractivity contribution in [2.75, 3.05) is 0 Å². The molecule has 0 saturated heterocycles. The van der Waals surface area contributed by atoms with Gasteiger partial charge in [0.2, 0.25) is 5.78 Å². The summed E-state index contributed by atoms with van der Waals surface area (Å²) < 4.78 is 0. The molecule has 1 atom stereocenters. The van der Waals surface area contributed by atoms with Gasteiger partial charge in [0.05, 0.1) is 5.92 Å². The van der Waals surface area contributed by atoms with E-state index in [0.717, 1.165) is 18.4 Å². The van der Waals surface area contributed by atoms with Gasteiger partial charge in [-0.25, -0.2) is 0 Å². The largest absolute Gasteiger partial charge is 0.291 e. The van der Waals surface area contributed by atoms with Gasteiger partial charge in [-0.1, -0.05) is 29.8 Å². The molecular weight excluding hydrogens is 212 g/mol. The highest BCUT2D eigenvalue weighted by atomic mass is 35.5. The molecule has 2 rings (SSSR count). The van der Waals surface area contributed by atoms with Gasteiger partial charge < -0.3 is 0 Å². The summed E-state index contributed by atoms with van der Waals surface area (Å²) in [5, 5.41) is 0.575. The number of carbonyl (C=O) groups excluding carboxylic acids is 2. The van der Waals surface area contributed by atoms with Gasteiger partial charge in [-0.15, -0.1) is 0 Å². The number of ketones is 2. The molecule has 15 heavy (non-hydrogen) atoms. The molecule has 2 nitrogen and oxygen atoms in total. The molecule has 1 aromatic rings. The van der Waals surface area contributed by atoms with Crippen LogP contribution in [0.25, 0.3) is 0 Å². The van der Waals surface area contributed by atoms with Gasteiger partial charge in [0, 0.05) is 11.4 Å². The van der Waals surface area contributed by atoms with Gasteiger partial charge in [-0.2, -0.15) is 0 Å². The van der Waals surface area contributed by atoms with Crippen LogP contribution in [0, 0.1) is 0 Å². The lowest BCUT2D eigenvalue weighted by molar-refractivity contribution is -0.139. The van der Waals surface area contributed by atoms with Crippen LogP contribution in [-0.2, 0) is 9.59 Å². The number of hydrogen-bond acceptors (Lipinski definition) is 2. The van der Waals surface area contributed by atoms with Gasteiger partial charge in [0.15, 0.2) is 5.78 Å². The van der Waals surface area contributed by atoms with Gasteiger partial charge in [-0.3, -0.25) is 9.59 Å². The summed E-state index contributed by atoms with van der Waals surface area (Å²) in [5.41, 5.74) is 0.789. The molecule has 1 fully saturated rings. The molecule has 78 valence electrons. The first-order valence-corrected chi connectivity index (χ1v) is 5.39. The Balaban J connectivity index is 2.34.